The smallest absolute Gasteiger partial charge is 0.134 e. The van der Waals surface area contributed by atoms with Gasteiger partial charge in [-0.25, -0.2) is 9.37 Å². The van der Waals surface area contributed by atoms with Crippen molar-refractivity contribution < 1.29 is 4.39 Å². The van der Waals surface area contributed by atoms with Gasteiger partial charge in [0.15, 0.2) is 0 Å². The number of allylic oxidation sites excluding steroid dienone is 1. The van der Waals surface area contributed by atoms with E-state index in [1.54, 1.807) is 18.2 Å². The summed E-state index contributed by atoms with van der Waals surface area (Å²) in [5.74, 6) is -0.351. The minimum absolute atomic E-state index is 0.351. The first kappa shape index (κ1) is 15.1. The molecule has 0 atom stereocenters. The molecule has 0 saturated heterocycles. The summed E-state index contributed by atoms with van der Waals surface area (Å²) in [6.07, 6.45) is 1.53. The van der Waals surface area contributed by atoms with E-state index in [0.717, 1.165) is 11.3 Å². The number of rotatable bonds is 3. The monoisotopic (exact) mass is 320 g/mol. The fourth-order valence-electron chi connectivity index (χ4n) is 2.14. The van der Waals surface area contributed by atoms with Gasteiger partial charge in [0.1, 0.15) is 16.9 Å². The topological polar surface area (TPSA) is 36.7 Å². The zero-order valence-corrected chi connectivity index (χ0v) is 13.3. The van der Waals surface area contributed by atoms with Crippen molar-refractivity contribution in [1.82, 2.24) is 4.98 Å². The number of nitriles is 1. The van der Waals surface area contributed by atoms with Crippen LogP contribution in [0, 0.1) is 24.1 Å². The maximum atomic E-state index is 13.7. The molecule has 1 heterocycles. The van der Waals surface area contributed by atoms with Crippen LogP contribution in [0.15, 0.2) is 53.9 Å². The summed E-state index contributed by atoms with van der Waals surface area (Å²) in [5.41, 5.74) is 3.75. The quantitative estimate of drug-likeness (QED) is 0.612. The average Bonchev–Trinajstić information content (AvgIpc) is 3.04. The predicted molar refractivity (Wildman–Crippen MR) is 92.2 cm³/mol. The molecule has 23 heavy (non-hydrogen) atoms. The molecule has 0 aliphatic rings. The van der Waals surface area contributed by atoms with Crippen molar-refractivity contribution in [1.29, 1.82) is 5.26 Å². The number of nitrogens with zero attached hydrogens (tertiary/aromatic N) is 2. The lowest BCUT2D eigenvalue weighted by atomic mass is 10.1. The molecule has 1 aromatic heterocycles. The van der Waals surface area contributed by atoms with Crippen molar-refractivity contribution in [3.8, 4) is 17.3 Å². The first-order chi connectivity index (χ1) is 11.2. The Morgan fingerprint density at radius 2 is 1.91 bits per heavy atom. The summed E-state index contributed by atoms with van der Waals surface area (Å²) in [5, 5.41) is 11.9. The van der Waals surface area contributed by atoms with Crippen molar-refractivity contribution in [3.05, 3.63) is 75.9 Å². The Kier molecular flexibility index (Phi) is 4.31. The molecule has 0 fully saturated rings. The highest BCUT2D eigenvalue weighted by molar-refractivity contribution is 7.11. The summed E-state index contributed by atoms with van der Waals surface area (Å²) >= 11 is 1.38. The number of hydrogen-bond donors (Lipinski definition) is 0. The first-order valence-electron chi connectivity index (χ1n) is 7.06. The van der Waals surface area contributed by atoms with Crippen LogP contribution >= 0.6 is 11.3 Å². The third kappa shape index (κ3) is 3.36. The third-order valence-electron chi connectivity index (χ3n) is 3.41. The molecule has 4 heteroatoms. The summed E-state index contributed by atoms with van der Waals surface area (Å²) in [6, 6.07) is 16.5. The van der Waals surface area contributed by atoms with E-state index in [2.05, 4.69) is 11.1 Å². The first-order valence-corrected chi connectivity index (χ1v) is 7.94. The highest BCUT2D eigenvalue weighted by Crippen LogP contribution is 2.27. The second-order valence-electron chi connectivity index (χ2n) is 5.10. The lowest BCUT2D eigenvalue weighted by Crippen LogP contribution is -1.85. The molecule has 0 saturated carbocycles. The molecule has 2 aromatic carbocycles. The number of halogens is 1. The molecule has 0 radical (unpaired) electrons. The van der Waals surface area contributed by atoms with Crippen LogP contribution in [-0.2, 0) is 0 Å². The summed E-state index contributed by atoms with van der Waals surface area (Å²) in [7, 11) is 0. The minimum atomic E-state index is -0.351. The Bertz CT molecular complexity index is 902. The van der Waals surface area contributed by atoms with Gasteiger partial charge in [-0.1, -0.05) is 48.0 Å². The van der Waals surface area contributed by atoms with Crippen LogP contribution in [0.25, 0.3) is 22.9 Å². The summed E-state index contributed by atoms with van der Waals surface area (Å²) < 4.78 is 13.7. The fraction of sp³-hybridized carbons (Fsp3) is 0.0526. The van der Waals surface area contributed by atoms with E-state index in [0.29, 0.717) is 16.1 Å². The van der Waals surface area contributed by atoms with Crippen LogP contribution in [0.3, 0.4) is 0 Å². The van der Waals surface area contributed by atoms with Gasteiger partial charge in [-0.05, 0) is 19.1 Å². The number of benzene rings is 2. The highest BCUT2D eigenvalue weighted by Gasteiger charge is 2.10. The molecule has 0 unspecified atom stereocenters. The Morgan fingerprint density at radius 1 is 1.17 bits per heavy atom. The van der Waals surface area contributed by atoms with Crippen LogP contribution in [0.2, 0.25) is 0 Å². The third-order valence-corrected chi connectivity index (χ3v) is 4.28. The van der Waals surface area contributed by atoms with E-state index in [4.69, 9.17) is 0 Å². The van der Waals surface area contributed by atoms with E-state index in [1.165, 1.54) is 29.0 Å². The van der Waals surface area contributed by atoms with Crippen molar-refractivity contribution >= 4 is 23.0 Å². The number of hydrogen-bond acceptors (Lipinski definition) is 3. The van der Waals surface area contributed by atoms with Gasteiger partial charge >= 0.3 is 0 Å². The summed E-state index contributed by atoms with van der Waals surface area (Å²) in [4.78, 5) is 4.51. The standard InChI is InChI=1S/C19H13FN2S/c1-13-6-8-14(9-7-13)18-12-23-19(22-18)16(11-21)10-15-4-2-3-5-17(15)20/h2-10,12H,1H3. The molecular weight excluding hydrogens is 307 g/mol. The maximum absolute atomic E-state index is 13.7. The van der Waals surface area contributed by atoms with Gasteiger partial charge in [-0.2, -0.15) is 5.26 Å². The van der Waals surface area contributed by atoms with Crippen molar-refractivity contribution in [2.24, 2.45) is 0 Å². The van der Waals surface area contributed by atoms with Crippen molar-refractivity contribution in [2.75, 3.05) is 0 Å². The van der Waals surface area contributed by atoms with Gasteiger partial charge in [0, 0.05) is 16.5 Å². The van der Waals surface area contributed by atoms with Gasteiger partial charge in [-0.3, -0.25) is 0 Å². The fourth-order valence-corrected chi connectivity index (χ4v) is 2.94. The Balaban J connectivity index is 1.96. The number of aryl methyl sites for hydroxylation is 1. The second kappa shape index (κ2) is 6.55. The minimum Gasteiger partial charge on any atom is -0.235 e. The Morgan fingerprint density at radius 3 is 2.61 bits per heavy atom. The summed E-state index contributed by atoms with van der Waals surface area (Å²) in [6.45, 7) is 2.03. The lowest BCUT2D eigenvalue weighted by molar-refractivity contribution is 0.625. The molecule has 3 rings (SSSR count). The van der Waals surface area contributed by atoms with Gasteiger partial charge in [0.2, 0.25) is 0 Å². The largest absolute Gasteiger partial charge is 0.235 e. The van der Waals surface area contributed by atoms with Crippen LogP contribution in [-0.4, -0.2) is 4.98 Å². The van der Waals surface area contributed by atoms with Gasteiger partial charge in [-0.15, -0.1) is 11.3 Å². The van der Waals surface area contributed by atoms with Gasteiger partial charge < -0.3 is 0 Å². The lowest BCUT2D eigenvalue weighted by Gasteiger charge is -1.98. The van der Waals surface area contributed by atoms with E-state index in [-0.39, 0.29) is 5.82 Å². The van der Waals surface area contributed by atoms with Crippen LogP contribution in [0.4, 0.5) is 4.39 Å². The molecule has 0 N–H and O–H groups in total. The van der Waals surface area contributed by atoms with Crippen LogP contribution in [0.1, 0.15) is 16.1 Å². The molecule has 0 aliphatic heterocycles. The van der Waals surface area contributed by atoms with Crippen LogP contribution < -0.4 is 0 Å². The number of thiazole rings is 1. The number of aromatic nitrogens is 1. The van der Waals surface area contributed by atoms with Gasteiger partial charge in [0.25, 0.3) is 0 Å². The van der Waals surface area contributed by atoms with E-state index >= 15 is 0 Å². The van der Waals surface area contributed by atoms with Gasteiger partial charge in [0.05, 0.1) is 11.3 Å². The van der Waals surface area contributed by atoms with E-state index in [9.17, 15) is 9.65 Å². The normalized spacial score (nSPS) is 11.3. The van der Waals surface area contributed by atoms with E-state index < -0.39 is 0 Å². The zero-order chi connectivity index (χ0) is 16.2. The molecule has 0 amide bonds. The SMILES string of the molecule is Cc1ccc(-c2csc(C(C#N)=Cc3ccccc3F)n2)cc1. The highest BCUT2D eigenvalue weighted by atomic mass is 32.1. The molecule has 3 aromatic rings. The zero-order valence-electron chi connectivity index (χ0n) is 12.5. The second-order valence-corrected chi connectivity index (χ2v) is 5.95. The molecule has 0 spiro atoms. The average molecular weight is 320 g/mol. The molecular formula is C19H13FN2S. The van der Waals surface area contributed by atoms with Crippen molar-refractivity contribution in [3.63, 3.8) is 0 Å². The Hall–Kier alpha value is -2.77. The molecule has 112 valence electrons. The molecule has 2 nitrogen and oxygen atoms in total. The predicted octanol–water partition coefficient (Wildman–Crippen LogP) is 5.32. The maximum Gasteiger partial charge on any atom is 0.134 e. The van der Waals surface area contributed by atoms with E-state index in [1.807, 2.05) is 36.6 Å². The van der Waals surface area contributed by atoms with Crippen molar-refractivity contribution in [2.45, 2.75) is 6.92 Å². The molecule has 0 aliphatic carbocycles. The Labute approximate surface area is 138 Å². The van der Waals surface area contributed by atoms with Crippen LogP contribution in [0.5, 0.6) is 0 Å². The molecule has 0 bridgehead atoms.